The fourth-order valence-corrected chi connectivity index (χ4v) is 5.05. The zero-order chi connectivity index (χ0) is 31.7. The summed E-state index contributed by atoms with van der Waals surface area (Å²) in [5, 5.41) is 3.63. The van der Waals surface area contributed by atoms with E-state index in [1.807, 2.05) is 0 Å². The minimum absolute atomic E-state index is 0.212. The third-order valence-corrected chi connectivity index (χ3v) is 7.38. The molecule has 0 spiro atoms. The Morgan fingerprint density at radius 1 is 0.750 bits per heavy atom. The lowest BCUT2D eigenvalue weighted by molar-refractivity contribution is -0.138. The maximum absolute atomic E-state index is 13.8. The van der Waals surface area contributed by atoms with E-state index < -0.39 is 23.5 Å². The van der Waals surface area contributed by atoms with Gasteiger partial charge in [0.1, 0.15) is 11.6 Å². The van der Waals surface area contributed by atoms with Crippen LogP contribution >= 0.6 is 0 Å². The third-order valence-electron chi connectivity index (χ3n) is 7.38. The van der Waals surface area contributed by atoms with Gasteiger partial charge in [0.05, 0.1) is 28.9 Å². The second-order valence-electron chi connectivity index (χ2n) is 10.9. The first kappa shape index (κ1) is 33.2. The lowest BCUT2D eigenvalue weighted by atomic mass is 10.0. The summed E-state index contributed by atoms with van der Waals surface area (Å²) in [7, 11) is 0. The van der Waals surface area contributed by atoms with Gasteiger partial charge in [-0.15, -0.1) is 0 Å². The molecular weight excluding hydrogens is 580 g/mol. The van der Waals surface area contributed by atoms with E-state index in [-0.39, 0.29) is 11.3 Å². The largest absolute Gasteiger partial charge is 0.418 e. The molecule has 44 heavy (non-hydrogen) atoms. The summed E-state index contributed by atoms with van der Waals surface area (Å²) in [5.74, 6) is 0.820. The standard InChI is InChI=1S/C33H37F6N5/c1-3-5-7-9-20-44(19-8-6-4-2)22-29-42-28-21-23(30-27(33(37,38)39)11-10-18-40-30)12-17-26(28)31(43-29)41-25-15-13-24(14-16-25)32(34,35)36/h10-18,21H,3-9,19-20,22H2,1-2H3,(H,41,42,43). The van der Waals surface area contributed by atoms with Crippen LogP contribution < -0.4 is 5.32 Å². The van der Waals surface area contributed by atoms with E-state index in [1.54, 1.807) is 12.1 Å². The Hall–Kier alpha value is -3.73. The number of halogens is 6. The maximum atomic E-state index is 13.8. The van der Waals surface area contributed by atoms with Gasteiger partial charge in [0, 0.05) is 22.8 Å². The summed E-state index contributed by atoms with van der Waals surface area (Å²) < 4.78 is 80.8. The minimum atomic E-state index is -4.60. The maximum Gasteiger partial charge on any atom is 0.418 e. The molecule has 0 atom stereocenters. The Morgan fingerprint density at radius 2 is 1.43 bits per heavy atom. The molecule has 0 fully saturated rings. The fourth-order valence-electron chi connectivity index (χ4n) is 5.05. The van der Waals surface area contributed by atoms with E-state index in [1.165, 1.54) is 30.5 Å². The summed E-state index contributed by atoms with van der Waals surface area (Å²) in [4.78, 5) is 15.8. The molecule has 0 aliphatic rings. The molecule has 11 heteroatoms. The van der Waals surface area contributed by atoms with Crippen LogP contribution in [0.3, 0.4) is 0 Å². The molecule has 4 aromatic rings. The molecule has 0 aliphatic carbocycles. The van der Waals surface area contributed by atoms with Crippen molar-refractivity contribution in [2.75, 3.05) is 18.4 Å². The minimum Gasteiger partial charge on any atom is -0.340 e. The molecule has 0 aliphatic heterocycles. The summed E-state index contributed by atoms with van der Waals surface area (Å²) in [6.45, 7) is 6.43. The predicted octanol–water partition coefficient (Wildman–Crippen LogP) is 10.0. The van der Waals surface area contributed by atoms with Gasteiger partial charge < -0.3 is 5.32 Å². The molecule has 0 saturated heterocycles. The van der Waals surface area contributed by atoms with Crippen molar-refractivity contribution in [3.05, 3.63) is 77.7 Å². The van der Waals surface area contributed by atoms with Crippen LogP contribution in [-0.2, 0) is 18.9 Å². The second kappa shape index (κ2) is 14.8. The molecule has 2 aromatic carbocycles. The monoisotopic (exact) mass is 617 g/mol. The average Bonchev–Trinajstić information content (AvgIpc) is 2.98. The molecule has 0 amide bonds. The smallest absolute Gasteiger partial charge is 0.340 e. The first-order chi connectivity index (χ1) is 21.0. The van der Waals surface area contributed by atoms with E-state index in [9.17, 15) is 26.3 Å². The van der Waals surface area contributed by atoms with Crippen LogP contribution in [0.1, 0.15) is 75.7 Å². The lowest BCUT2D eigenvalue weighted by Crippen LogP contribution is -2.27. The lowest BCUT2D eigenvalue weighted by Gasteiger charge is -2.22. The molecule has 0 bridgehead atoms. The van der Waals surface area contributed by atoms with Crippen LogP contribution in [0.15, 0.2) is 60.8 Å². The Balaban J connectivity index is 1.75. The van der Waals surface area contributed by atoms with Gasteiger partial charge in [0.2, 0.25) is 0 Å². The number of unbranched alkanes of at least 4 members (excludes halogenated alkanes) is 5. The van der Waals surface area contributed by atoms with Crippen molar-refractivity contribution in [3.8, 4) is 11.3 Å². The summed E-state index contributed by atoms with van der Waals surface area (Å²) >= 11 is 0. The van der Waals surface area contributed by atoms with Crippen LogP contribution in [0, 0.1) is 0 Å². The Labute approximate surface area is 253 Å². The summed E-state index contributed by atoms with van der Waals surface area (Å²) in [6.07, 6.45) is -0.187. The predicted molar refractivity (Wildman–Crippen MR) is 161 cm³/mol. The highest BCUT2D eigenvalue weighted by Gasteiger charge is 2.34. The van der Waals surface area contributed by atoms with Crippen molar-refractivity contribution in [2.45, 2.75) is 77.7 Å². The summed E-state index contributed by atoms with van der Waals surface area (Å²) in [6, 6.07) is 11.5. The van der Waals surface area contributed by atoms with E-state index >= 15 is 0 Å². The van der Waals surface area contributed by atoms with Gasteiger partial charge >= 0.3 is 12.4 Å². The number of rotatable bonds is 14. The van der Waals surface area contributed by atoms with Crippen LogP contribution in [0.5, 0.6) is 0 Å². The fraction of sp³-hybridized carbons (Fsp3) is 0.424. The molecule has 2 aromatic heterocycles. The van der Waals surface area contributed by atoms with Crippen LogP contribution in [-0.4, -0.2) is 32.9 Å². The topological polar surface area (TPSA) is 53.9 Å². The number of aromatic nitrogens is 3. The van der Waals surface area contributed by atoms with Gasteiger partial charge in [-0.3, -0.25) is 9.88 Å². The first-order valence-electron chi connectivity index (χ1n) is 15.0. The SMILES string of the molecule is CCCCCCN(CCCCC)Cc1nc(Nc2ccc(C(F)(F)F)cc2)c2ccc(-c3ncccc3C(F)(F)F)cc2n1. The van der Waals surface area contributed by atoms with Gasteiger partial charge in [-0.1, -0.05) is 52.0 Å². The molecule has 0 radical (unpaired) electrons. The van der Waals surface area contributed by atoms with Gasteiger partial charge in [0.15, 0.2) is 0 Å². The molecule has 236 valence electrons. The highest BCUT2D eigenvalue weighted by molar-refractivity contribution is 5.93. The number of hydrogen-bond donors (Lipinski definition) is 1. The van der Waals surface area contributed by atoms with Gasteiger partial charge in [-0.05, 0) is 74.5 Å². The van der Waals surface area contributed by atoms with Crippen LogP contribution in [0.2, 0.25) is 0 Å². The molecule has 0 unspecified atom stereocenters. The van der Waals surface area contributed by atoms with Gasteiger partial charge in [-0.2, -0.15) is 26.3 Å². The molecule has 1 N–H and O–H groups in total. The van der Waals surface area contributed by atoms with Crippen LogP contribution in [0.4, 0.5) is 37.8 Å². The number of nitrogens with zero attached hydrogens (tertiary/aromatic N) is 4. The van der Waals surface area contributed by atoms with E-state index in [0.29, 0.717) is 34.8 Å². The molecule has 2 heterocycles. The zero-order valence-electron chi connectivity index (χ0n) is 24.9. The summed E-state index contributed by atoms with van der Waals surface area (Å²) in [5.41, 5.74) is -0.809. The van der Waals surface area contributed by atoms with Crippen molar-refractivity contribution in [3.63, 3.8) is 0 Å². The normalized spacial score (nSPS) is 12.3. The highest BCUT2D eigenvalue weighted by Crippen LogP contribution is 2.37. The van der Waals surface area contributed by atoms with Crippen molar-refractivity contribution in [1.82, 2.24) is 19.9 Å². The number of benzene rings is 2. The van der Waals surface area contributed by atoms with Gasteiger partial charge in [-0.25, -0.2) is 9.97 Å². The van der Waals surface area contributed by atoms with Crippen molar-refractivity contribution >= 4 is 22.4 Å². The number of anilines is 2. The quantitative estimate of drug-likeness (QED) is 0.113. The zero-order valence-corrected chi connectivity index (χ0v) is 24.9. The molecule has 0 saturated carbocycles. The third kappa shape index (κ3) is 8.90. The highest BCUT2D eigenvalue weighted by atomic mass is 19.4. The Bertz CT molecular complexity index is 1500. The Kier molecular flexibility index (Phi) is 11.2. The van der Waals surface area contributed by atoms with E-state index in [0.717, 1.165) is 76.2 Å². The number of fused-ring (bicyclic) bond motifs is 1. The molecule has 4 rings (SSSR count). The van der Waals surface area contributed by atoms with Gasteiger partial charge in [0.25, 0.3) is 0 Å². The number of alkyl halides is 6. The first-order valence-corrected chi connectivity index (χ1v) is 15.0. The van der Waals surface area contributed by atoms with Crippen molar-refractivity contribution in [2.24, 2.45) is 0 Å². The van der Waals surface area contributed by atoms with Crippen LogP contribution in [0.25, 0.3) is 22.2 Å². The number of nitrogens with one attached hydrogen (secondary N) is 1. The second-order valence-corrected chi connectivity index (χ2v) is 10.9. The molecule has 5 nitrogen and oxygen atoms in total. The van der Waals surface area contributed by atoms with E-state index in [2.05, 4.69) is 29.0 Å². The number of hydrogen-bond acceptors (Lipinski definition) is 5. The Morgan fingerprint density at radius 3 is 2.09 bits per heavy atom. The average molecular weight is 618 g/mol. The van der Waals surface area contributed by atoms with E-state index in [4.69, 9.17) is 9.97 Å². The van der Waals surface area contributed by atoms with Crippen molar-refractivity contribution < 1.29 is 26.3 Å². The molecular formula is C33H37F6N5. The van der Waals surface area contributed by atoms with Crippen molar-refractivity contribution in [1.29, 1.82) is 0 Å². The number of pyridine rings is 1.